The van der Waals surface area contributed by atoms with E-state index in [0.717, 1.165) is 5.52 Å². The molecule has 0 spiro atoms. The number of nitrogens with zero attached hydrogens (tertiary/aromatic N) is 2. The molecule has 5 heteroatoms. The summed E-state index contributed by atoms with van der Waals surface area (Å²) in [6, 6.07) is 11.0. The Morgan fingerprint density at radius 1 is 1.15 bits per heavy atom. The van der Waals surface area contributed by atoms with Crippen molar-refractivity contribution >= 4 is 10.9 Å². The lowest BCUT2D eigenvalue weighted by atomic mass is 10.2. The van der Waals surface area contributed by atoms with Crippen LogP contribution < -0.4 is 11.2 Å². The Morgan fingerprint density at radius 2 is 1.95 bits per heavy atom. The number of aromatic nitrogens is 2. The SMILES string of the molecule is CCn1c(=N)n(Cc2ccco2)c(=O)c2ccccc21. The fourth-order valence-corrected chi connectivity index (χ4v) is 2.42. The fourth-order valence-electron chi connectivity index (χ4n) is 2.42. The van der Waals surface area contributed by atoms with E-state index >= 15 is 0 Å². The van der Waals surface area contributed by atoms with E-state index in [1.54, 1.807) is 24.5 Å². The summed E-state index contributed by atoms with van der Waals surface area (Å²) in [5.74, 6) is 0.665. The van der Waals surface area contributed by atoms with E-state index in [0.29, 0.717) is 17.7 Å². The van der Waals surface area contributed by atoms with Gasteiger partial charge in [0, 0.05) is 6.54 Å². The van der Waals surface area contributed by atoms with Crippen molar-refractivity contribution in [3.8, 4) is 0 Å². The molecule has 0 unspecified atom stereocenters. The van der Waals surface area contributed by atoms with E-state index in [1.165, 1.54) is 4.57 Å². The molecule has 0 atom stereocenters. The van der Waals surface area contributed by atoms with E-state index in [4.69, 9.17) is 9.83 Å². The Labute approximate surface area is 115 Å². The van der Waals surface area contributed by atoms with Gasteiger partial charge in [-0.2, -0.15) is 0 Å². The lowest BCUT2D eigenvalue weighted by Gasteiger charge is -2.13. The predicted molar refractivity (Wildman–Crippen MR) is 75.5 cm³/mol. The van der Waals surface area contributed by atoms with Crippen LogP contribution in [0, 0.1) is 5.41 Å². The Hall–Kier alpha value is -2.56. The largest absolute Gasteiger partial charge is 0.467 e. The second kappa shape index (κ2) is 4.85. The average Bonchev–Trinajstić information content (AvgIpc) is 2.97. The van der Waals surface area contributed by atoms with Crippen LogP contribution in [0.25, 0.3) is 10.9 Å². The number of hydrogen-bond acceptors (Lipinski definition) is 3. The van der Waals surface area contributed by atoms with Crippen molar-refractivity contribution in [1.82, 2.24) is 9.13 Å². The van der Waals surface area contributed by atoms with Crippen LogP contribution in [-0.4, -0.2) is 9.13 Å². The summed E-state index contributed by atoms with van der Waals surface area (Å²) in [5.41, 5.74) is 0.819. The Kier molecular flexibility index (Phi) is 3.02. The number of aryl methyl sites for hydroxylation is 1. The second-order valence-electron chi connectivity index (χ2n) is 4.56. The highest BCUT2D eigenvalue weighted by molar-refractivity contribution is 5.77. The van der Waals surface area contributed by atoms with Gasteiger partial charge in [-0.05, 0) is 31.2 Å². The van der Waals surface area contributed by atoms with Crippen LogP contribution in [0.3, 0.4) is 0 Å². The first kappa shape index (κ1) is 12.5. The van der Waals surface area contributed by atoms with Crippen molar-refractivity contribution in [2.45, 2.75) is 20.0 Å². The van der Waals surface area contributed by atoms with E-state index in [1.807, 2.05) is 29.7 Å². The maximum atomic E-state index is 12.5. The summed E-state index contributed by atoms with van der Waals surface area (Å²) in [6.45, 7) is 2.87. The van der Waals surface area contributed by atoms with Crippen LogP contribution in [-0.2, 0) is 13.1 Å². The molecule has 0 aliphatic rings. The molecule has 0 aliphatic heterocycles. The number of hydrogen-bond donors (Lipinski definition) is 1. The number of benzene rings is 1. The minimum atomic E-state index is -0.160. The molecule has 0 saturated heterocycles. The predicted octanol–water partition coefficient (Wildman–Crippen LogP) is 1.94. The molecule has 2 heterocycles. The first-order valence-corrected chi connectivity index (χ1v) is 6.51. The van der Waals surface area contributed by atoms with Crippen LogP contribution in [0.15, 0.2) is 51.9 Å². The molecule has 5 nitrogen and oxygen atoms in total. The normalized spacial score (nSPS) is 11.1. The van der Waals surface area contributed by atoms with Gasteiger partial charge in [0.05, 0.1) is 23.7 Å². The molecule has 1 N–H and O–H groups in total. The molecule has 20 heavy (non-hydrogen) atoms. The maximum absolute atomic E-state index is 12.5. The first-order chi connectivity index (χ1) is 9.72. The molecule has 0 aliphatic carbocycles. The first-order valence-electron chi connectivity index (χ1n) is 6.51. The standard InChI is InChI=1S/C15H15N3O2/c1-2-17-13-8-4-3-7-12(13)14(19)18(15(17)16)10-11-6-5-9-20-11/h3-9,16H,2,10H2,1H3. The molecule has 0 radical (unpaired) electrons. The number of nitrogens with one attached hydrogen (secondary N) is 1. The van der Waals surface area contributed by atoms with Crippen LogP contribution in [0.5, 0.6) is 0 Å². The van der Waals surface area contributed by atoms with Gasteiger partial charge in [0.1, 0.15) is 5.76 Å². The van der Waals surface area contributed by atoms with Gasteiger partial charge < -0.3 is 8.98 Å². The van der Waals surface area contributed by atoms with Crippen LogP contribution in [0.4, 0.5) is 0 Å². The molecule has 102 valence electrons. The zero-order valence-corrected chi connectivity index (χ0v) is 11.2. The smallest absolute Gasteiger partial charge is 0.263 e. The topological polar surface area (TPSA) is 63.9 Å². The number of para-hydroxylation sites is 1. The zero-order valence-electron chi connectivity index (χ0n) is 11.2. The monoisotopic (exact) mass is 269 g/mol. The molecule has 0 fully saturated rings. The average molecular weight is 269 g/mol. The van der Waals surface area contributed by atoms with Gasteiger partial charge in [-0.3, -0.25) is 14.8 Å². The highest BCUT2D eigenvalue weighted by atomic mass is 16.3. The molecule has 0 amide bonds. The van der Waals surface area contributed by atoms with E-state index in [9.17, 15) is 4.79 Å². The van der Waals surface area contributed by atoms with E-state index in [2.05, 4.69) is 0 Å². The maximum Gasteiger partial charge on any atom is 0.263 e. The van der Waals surface area contributed by atoms with Gasteiger partial charge in [0.2, 0.25) is 5.62 Å². The Balaban J connectivity index is 2.32. The van der Waals surface area contributed by atoms with Gasteiger partial charge >= 0.3 is 0 Å². The molecule has 0 saturated carbocycles. The minimum absolute atomic E-state index is 0.160. The highest BCUT2D eigenvalue weighted by Gasteiger charge is 2.10. The van der Waals surface area contributed by atoms with Crippen LogP contribution in [0.1, 0.15) is 12.7 Å². The zero-order chi connectivity index (χ0) is 14.1. The third kappa shape index (κ3) is 1.87. The number of fused-ring (bicyclic) bond motifs is 1. The summed E-state index contributed by atoms with van der Waals surface area (Å²) in [4.78, 5) is 12.5. The second-order valence-corrected chi connectivity index (χ2v) is 4.56. The number of rotatable bonds is 3. The summed E-state index contributed by atoms with van der Waals surface area (Å²) < 4.78 is 8.53. The van der Waals surface area contributed by atoms with E-state index in [-0.39, 0.29) is 17.7 Å². The van der Waals surface area contributed by atoms with Crippen molar-refractivity contribution in [2.24, 2.45) is 0 Å². The van der Waals surface area contributed by atoms with Crippen molar-refractivity contribution in [1.29, 1.82) is 5.41 Å². The Bertz CT molecular complexity index is 857. The molecule has 2 aromatic heterocycles. The van der Waals surface area contributed by atoms with E-state index < -0.39 is 0 Å². The van der Waals surface area contributed by atoms with Gasteiger partial charge in [-0.25, -0.2) is 0 Å². The lowest BCUT2D eigenvalue weighted by molar-refractivity contribution is 0.473. The minimum Gasteiger partial charge on any atom is -0.467 e. The van der Waals surface area contributed by atoms with Gasteiger partial charge in [-0.15, -0.1) is 0 Å². The van der Waals surface area contributed by atoms with Gasteiger partial charge in [0.15, 0.2) is 0 Å². The summed E-state index contributed by atoms with van der Waals surface area (Å²) in [5, 5.41) is 8.88. The van der Waals surface area contributed by atoms with Gasteiger partial charge in [-0.1, -0.05) is 12.1 Å². The molecule has 3 rings (SSSR count). The van der Waals surface area contributed by atoms with Crippen molar-refractivity contribution in [2.75, 3.05) is 0 Å². The van der Waals surface area contributed by atoms with Gasteiger partial charge in [0.25, 0.3) is 5.56 Å². The van der Waals surface area contributed by atoms with Crippen molar-refractivity contribution in [3.63, 3.8) is 0 Å². The molecule has 0 bridgehead atoms. The van der Waals surface area contributed by atoms with Crippen molar-refractivity contribution in [3.05, 3.63) is 64.4 Å². The lowest BCUT2D eigenvalue weighted by Crippen LogP contribution is -2.40. The quantitative estimate of drug-likeness (QED) is 0.789. The molecule has 1 aromatic carbocycles. The van der Waals surface area contributed by atoms with Crippen LogP contribution in [0.2, 0.25) is 0 Å². The molecular formula is C15H15N3O2. The third-order valence-electron chi connectivity index (χ3n) is 3.39. The molecular weight excluding hydrogens is 254 g/mol. The summed E-state index contributed by atoms with van der Waals surface area (Å²) in [6.07, 6.45) is 1.57. The summed E-state index contributed by atoms with van der Waals surface area (Å²) >= 11 is 0. The third-order valence-corrected chi connectivity index (χ3v) is 3.39. The van der Waals surface area contributed by atoms with Crippen molar-refractivity contribution < 1.29 is 4.42 Å². The van der Waals surface area contributed by atoms with Crippen LogP contribution >= 0.6 is 0 Å². The number of furan rings is 1. The fraction of sp³-hybridized carbons (Fsp3) is 0.200. The highest BCUT2D eigenvalue weighted by Crippen LogP contribution is 2.08. The summed E-state index contributed by atoms with van der Waals surface area (Å²) in [7, 11) is 0. The molecule has 3 aromatic rings. The Morgan fingerprint density at radius 3 is 2.65 bits per heavy atom.